The molecule has 1 aliphatic heterocycles. The van der Waals surface area contributed by atoms with Gasteiger partial charge in [0.15, 0.2) is 0 Å². The Morgan fingerprint density at radius 3 is 2.28 bits per heavy atom. The summed E-state index contributed by atoms with van der Waals surface area (Å²) in [4.78, 5) is 2.31. The molecule has 1 N–H and O–H groups in total. The summed E-state index contributed by atoms with van der Waals surface area (Å²) in [5, 5.41) is 3.33. The van der Waals surface area contributed by atoms with Crippen LogP contribution in [0.1, 0.15) is 38.5 Å². The first kappa shape index (κ1) is 14.1. The lowest BCUT2D eigenvalue weighted by molar-refractivity contribution is -0.136. The normalized spacial score (nSPS) is 22.7. The number of piperidine rings is 1. The summed E-state index contributed by atoms with van der Waals surface area (Å²) in [5.41, 5.74) is 0. The number of nitrogens with one attached hydrogen (secondary N) is 1. The van der Waals surface area contributed by atoms with Gasteiger partial charge in [0.2, 0.25) is 0 Å². The fourth-order valence-electron chi connectivity index (χ4n) is 2.74. The highest BCUT2D eigenvalue weighted by molar-refractivity contribution is 4.86. The van der Waals surface area contributed by atoms with Gasteiger partial charge in [0.25, 0.3) is 0 Å². The number of hydrogen-bond acceptors (Lipinski definition) is 2. The highest BCUT2D eigenvalue weighted by Crippen LogP contribution is 2.30. The third kappa shape index (κ3) is 5.14. The van der Waals surface area contributed by atoms with Crippen molar-refractivity contribution in [2.75, 3.05) is 26.2 Å². The Morgan fingerprint density at radius 1 is 1.06 bits per heavy atom. The molecular weight excluding hydrogens is 241 g/mol. The Balaban J connectivity index is 1.70. The molecule has 1 saturated heterocycles. The van der Waals surface area contributed by atoms with Crippen LogP contribution in [0.15, 0.2) is 0 Å². The van der Waals surface area contributed by atoms with Gasteiger partial charge >= 0.3 is 6.18 Å². The maximum atomic E-state index is 12.2. The van der Waals surface area contributed by atoms with Gasteiger partial charge in [-0.25, -0.2) is 0 Å². The van der Waals surface area contributed by atoms with E-state index >= 15 is 0 Å². The SMILES string of the molecule is FC(F)(F)CCCN(CC1CCNCC1)C1CC1. The van der Waals surface area contributed by atoms with E-state index in [1.165, 1.54) is 25.7 Å². The molecule has 2 aliphatic rings. The third-order valence-corrected chi connectivity index (χ3v) is 3.92. The predicted molar refractivity (Wildman–Crippen MR) is 65.5 cm³/mol. The van der Waals surface area contributed by atoms with Crippen molar-refractivity contribution < 1.29 is 13.2 Å². The van der Waals surface area contributed by atoms with E-state index < -0.39 is 12.6 Å². The lowest BCUT2D eigenvalue weighted by atomic mass is 9.97. The average Bonchev–Trinajstić information content (AvgIpc) is 3.11. The Labute approximate surface area is 107 Å². The molecule has 1 heterocycles. The quantitative estimate of drug-likeness (QED) is 0.793. The van der Waals surface area contributed by atoms with E-state index in [0.29, 0.717) is 18.5 Å². The van der Waals surface area contributed by atoms with Crippen LogP contribution >= 0.6 is 0 Å². The second-order valence-electron chi connectivity index (χ2n) is 5.64. The zero-order chi connectivity index (χ0) is 13.0. The van der Waals surface area contributed by atoms with Crippen LogP contribution in [0.5, 0.6) is 0 Å². The molecule has 0 spiro atoms. The first-order valence-electron chi connectivity index (χ1n) is 7.06. The molecule has 0 radical (unpaired) electrons. The summed E-state index contributed by atoms with van der Waals surface area (Å²) in [6.45, 7) is 3.75. The van der Waals surface area contributed by atoms with Crippen LogP contribution in [-0.2, 0) is 0 Å². The number of alkyl halides is 3. The lowest BCUT2D eigenvalue weighted by Crippen LogP contribution is -2.38. The van der Waals surface area contributed by atoms with E-state index in [1.54, 1.807) is 0 Å². The maximum Gasteiger partial charge on any atom is 0.389 e. The highest BCUT2D eigenvalue weighted by Gasteiger charge is 2.32. The third-order valence-electron chi connectivity index (χ3n) is 3.92. The number of hydrogen-bond donors (Lipinski definition) is 1. The van der Waals surface area contributed by atoms with E-state index in [2.05, 4.69) is 10.2 Å². The largest absolute Gasteiger partial charge is 0.389 e. The molecule has 106 valence electrons. The van der Waals surface area contributed by atoms with Crippen molar-refractivity contribution in [3.05, 3.63) is 0 Å². The van der Waals surface area contributed by atoms with Crippen molar-refractivity contribution in [1.82, 2.24) is 10.2 Å². The van der Waals surface area contributed by atoms with Gasteiger partial charge in [-0.1, -0.05) is 0 Å². The van der Waals surface area contributed by atoms with Crippen molar-refractivity contribution in [3.63, 3.8) is 0 Å². The molecule has 0 aromatic heterocycles. The smallest absolute Gasteiger partial charge is 0.317 e. The molecular formula is C13H23F3N2. The van der Waals surface area contributed by atoms with E-state index in [0.717, 1.165) is 19.6 Å². The van der Waals surface area contributed by atoms with E-state index in [1.807, 2.05) is 0 Å². The van der Waals surface area contributed by atoms with Crippen LogP contribution in [0, 0.1) is 5.92 Å². The van der Waals surface area contributed by atoms with Gasteiger partial charge in [-0.2, -0.15) is 13.2 Å². The van der Waals surface area contributed by atoms with Gasteiger partial charge in [0, 0.05) is 19.0 Å². The monoisotopic (exact) mass is 264 g/mol. The topological polar surface area (TPSA) is 15.3 Å². The molecule has 1 saturated carbocycles. The number of halogens is 3. The molecule has 0 bridgehead atoms. The Hall–Kier alpha value is -0.290. The van der Waals surface area contributed by atoms with Crippen LogP contribution in [0.2, 0.25) is 0 Å². The minimum atomic E-state index is -4.00. The van der Waals surface area contributed by atoms with E-state index in [-0.39, 0.29) is 6.42 Å². The summed E-state index contributed by atoms with van der Waals surface area (Å²) in [7, 11) is 0. The van der Waals surface area contributed by atoms with Crippen LogP contribution < -0.4 is 5.32 Å². The molecule has 5 heteroatoms. The van der Waals surface area contributed by atoms with Crippen molar-refractivity contribution in [1.29, 1.82) is 0 Å². The second-order valence-corrected chi connectivity index (χ2v) is 5.64. The van der Waals surface area contributed by atoms with Crippen LogP contribution in [0.25, 0.3) is 0 Å². The van der Waals surface area contributed by atoms with Crippen molar-refractivity contribution >= 4 is 0 Å². The standard InChI is InChI=1S/C13H23F3N2/c14-13(15,16)6-1-9-18(12-2-3-12)10-11-4-7-17-8-5-11/h11-12,17H,1-10H2. The molecule has 2 fully saturated rings. The van der Waals surface area contributed by atoms with Crippen LogP contribution in [-0.4, -0.2) is 43.3 Å². The van der Waals surface area contributed by atoms with Gasteiger partial charge in [-0.15, -0.1) is 0 Å². The zero-order valence-electron chi connectivity index (χ0n) is 10.8. The molecule has 1 aliphatic carbocycles. The zero-order valence-corrected chi connectivity index (χ0v) is 10.8. The molecule has 2 nitrogen and oxygen atoms in total. The predicted octanol–water partition coefficient (Wildman–Crippen LogP) is 2.79. The summed E-state index contributed by atoms with van der Waals surface area (Å²) in [6.07, 6.45) is 0.316. The lowest BCUT2D eigenvalue weighted by Gasteiger charge is -2.30. The van der Waals surface area contributed by atoms with Gasteiger partial charge in [0.05, 0.1) is 0 Å². The Morgan fingerprint density at radius 2 is 1.72 bits per heavy atom. The molecule has 0 aromatic carbocycles. The first-order valence-corrected chi connectivity index (χ1v) is 7.06. The van der Waals surface area contributed by atoms with Gasteiger partial charge in [-0.05, 0) is 57.7 Å². The van der Waals surface area contributed by atoms with Crippen molar-refractivity contribution in [2.45, 2.75) is 50.7 Å². The minimum absolute atomic E-state index is 0.255. The van der Waals surface area contributed by atoms with Crippen molar-refractivity contribution in [3.8, 4) is 0 Å². The molecule has 0 unspecified atom stereocenters. The van der Waals surface area contributed by atoms with Crippen LogP contribution in [0.4, 0.5) is 13.2 Å². The Kier molecular flexibility index (Phi) is 4.90. The number of nitrogens with zero attached hydrogens (tertiary/aromatic N) is 1. The van der Waals surface area contributed by atoms with E-state index in [9.17, 15) is 13.2 Å². The second kappa shape index (κ2) is 6.24. The highest BCUT2D eigenvalue weighted by atomic mass is 19.4. The summed E-state index contributed by atoms with van der Waals surface area (Å²) in [6, 6.07) is 0.577. The summed E-state index contributed by atoms with van der Waals surface area (Å²) < 4.78 is 36.5. The molecule has 0 amide bonds. The van der Waals surface area contributed by atoms with Crippen LogP contribution in [0.3, 0.4) is 0 Å². The molecule has 2 rings (SSSR count). The van der Waals surface area contributed by atoms with Gasteiger partial charge < -0.3 is 10.2 Å². The average molecular weight is 264 g/mol. The molecule has 0 aromatic rings. The number of rotatable bonds is 6. The van der Waals surface area contributed by atoms with E-state index in [4.69, 9.17) is 0 Å². The van der Waals surface area contributed by atoms with Crippen molar-refractivity contribution in [2.24, 2.45) is 5.92 Å². The fraction of sp³-hybridized carbons (Fsp3) is 1.00. The first-order chi connectivity index (χ1) is 8.54. The van der Waals surface area contributed by atoms with Gasteiger partial charge in [-0.3, -0.25) is 0 Å². The minimum Gasteiger partial charge on any atom is -0.317 e. The summed E-state index contributed by atoms with van der Waals surface area (Å²) >= 11 is 0. The Bertz CT molecular complexity index is 245. The summed E-state index contributed by atoms with van der Waals surface area (Å²) in [5.74, 6) is 0.678. The van der Waals surface area contributed by atoms with Gasteiger partial charge in [0.1, 0.15) is 0 Å². The molecule has 18 heavy (non-hydrogen) atoms. The fourth-order valence-corrected chi connectivity index (χ4v) is 2.74. The molecule has 0 atom stereocenters. The maximum absolute atomic E-state index is 12.2.